The van der Waals surface area contributed by atoms with Gasteiger partial charge in [-0.05, 0) is 159 Å². The molecule has 0 heterocycles. The lowest BCUT2D eigenvalue weighted by atomic mass is 9.43. The Bertz CT molecular complexity index is 2410. The van der Waals surface area contributed by atoms with Crippen molar-refractivity contribution in [3.05, 3.63) is 161 Å². The van der Waals surface area contributed by atoms with E-state index in [1.165, 1.54) is 105 Å². The zero-order chi connectivity index (χ0) is 35.4. The molecule has 0 aromatic heterocycles. The van der Waals surface area contributed by atoms with E-state index in [-0.39, 0.29) is 16.2 Å². The molecule has 0 atom stereocenters. The second-order valence-corrected chi connectivity index (χ2v) is 18.6. The Balaban J connectivity index is 1.08. The third kappa shape index (κ3) is 3.79. The van der Waals surface area contributed by atoms with Crippen LogP contribution >= 0.6 is 0 Å². The van der Waals surface area contributed by atoms with Crippen LogP contribution in [-0.4, -0.2) is 0 Å². The van der Waals surface area contributed by atoms with Crippen LogP contribution in [-0.2, 0) is 16.2 Å². The van der Waals surface area contributed by atoms with Crippen LogP contribution in [0, 0.1) is 23.7 Å². The Morgan fingerprint density at radius 3 is 1.21 bits per heavy atom. The summed E-state index contributed by atoms with van der Waals surface area (Å²) >= 11 is 0. The van der Waals surface area contributed by atoms with Crippen LogP contribution in [0.3, 0.4) is 0 Å². The normalized spacial score (nSPS) is 26.5. The number of fused-ring (bicyclic) bond motifs is 9. The quantitative estimate of drug-likeness (QED) is 0.179. The fraction of sp³-hybridized carbons (Fsp3) is 0.308. The molecule has 7 aliphatic rings. The molecule has 4 fully saturated rings. The lowest BCUT2D eigenvalue weighted by Crippen LogP contribution is -2.55. The van der Waals surface area contributed by atoms with Gasteiger partial charge in [0.15, 0.2) is 0 Å². The first-order valence-electron chi connectivity index (χ1n) is 20.3. The molecule has 4 saturated carbocycles. The summed E-state index contributed by atoms with van der Waals surface area (Å²) in [6.45, 7) is 9.63. The number of benzene rings is 6. The average Bonchev–Trinajstić information content (AvgIpc) is 3.68. The molecule has 0 N–H and O–H groups in total. The van der Waals surface area contributed by atoms with Crippen LogP contribution in [0.1, 0.15) is 93.2 Å². The highest BCUT2D eigenvalue weighted by Gasteiger charge is 2.61. The van der Waals surface area contributed by atoms with Gasteiger partial charge < -0.3 is 4.90 Å². The van der Waals surface area contributed by atoms with E-state index in [1.807, 2.05) is 0 Å². The molecule has 0 unspecified atom stereocenters. The van der Waals surface area contributed by atoms with E-state index >= 15 is 0 Å². The van der Waals surface area contributed by atoms with E-state index in [9.17, 15) is 0 Å². The minimum atomic E-state index is -0.0702. The molecular formula is C52H47N. The van der Waals surface area contributed by atoms with Gasteiger partial charge in [0.05, 0.1) is 0 Å². The molecule has 0 aliphatic heterocycles. The highest BCUT2D eigenvalue weighted by Crippen LogP contribution is 2.69. The Kier molecular flexibility index (Phi) is 5.88. The first-order chi connectivity index (χ1) is 25.7. The smallest absolute Gasteiger partial charge is 0.0465 e. The fourth-order valence-electron chi connectivity index (χ4n) is 13.4. The number of anilines is 3. The lowest BCUT2D eigenvalue weighted by Gasteiger charge is -2.61. The van der Waals surface area contributed by atoms with Gasteiger partial charge in [-0.2, -0.15) is 0 Å². The zero-order valence-corrected chi connectivity index (χ0v) is 31.4. The number of nitrogens with zero attached hydrogens (tertiary/aromatic N) is 1. The van der Waals surface area contributed by atoms with Gasteiger partial charge in [0.25, 0.3) is 0 Å². The van der Waals surface area contributed by atoms with Crippen molar-refractivity contribution in [1.29, 1.82) is 0 Å². The van der Waals surface area contributed by atoms with Gasteiger partial charge in [0.2, 0.25) is 0 Å². The molecule has 0 saturated heterocycles. The van der Waals surface area contributed by atoms with Gasteiger partial charge >= 0.3 is 0 Å². The second kappa shape index (κ2) is 10.2. The minimum absolute atomic E-state index is 0.0702. The van der Waals surface area contributed by atoms with Crippen molar-refractivity contribution in [2.24, 2.45) is 23.7 Å². The first kappa shape index (κ1) is 30.6. The van der Waals surface area contributed by atoms with Gasteiger partial charge in [0.1, 0.15) is 0 Å². The maximum atomic E-state index is 2.66. The summed E-state index contributed by atoms with van der Waals surface area (Å²) < 4.78 is 0. The van der Waals surface area contributed by atoms with E-state index in [0.717, 1.165) is 23.7 Å². The Labute approximate surface area is 314 Å². The summed E-state index contributed by atoms with van der Waals surface area (Å²) in [4.78, 5) is 2.60. The summed E-state index contributed by atoms with van der Waals surface area (Å²) in [6, 6.07) is 49.8. The van der Waals surface area contributed by atoms with Crippen molar-refractivity contribution in [3.63, 3.8) is 0 Å². The zero-order valence-electron chi connectivity index (χ0n) is 31.4. The third-order valence-corrected chi connectivity index (χ3v) is 15.4. The summed E-state index contributed by atoms with van der Waals surface area (Å²) in [6.07, 6.45) is 7.07. The second-order valence-electron chi connectivity index (χ2n) is 18.6. The number of rotatable bonds is 3. The Morgan fingerprint density at radius 2 is 0.736 bits per heavy atom. The van der Waals surface area contributed by atoms with Crippen LogP contribution < -0.4 is 4.90 Å². The Hall–Kier alpha value is -4.88. The molecule has 53 heavy (non-hydrogen) atoms. The maximum Gasteiger partial charge on any atom is 0.0465 e. The molecule has 7 aliphatic carbocycles. The SMILES string of the molecule is CC1(C)c2ccccc2-c2ccc(N(c3ccc4c(c3)C(C)(C)c3ccccc3-4)c3ccc4c(c3)C3(c5ccccc5-4)C4CC5CC(C4)CC3C5)cc21. The molecular weight excluding hydrogens is 639 g/mol. The largest absolute Gasteiger partial charge is 0.310 e. The topological polar surface area (TPSA) is 3.24 Å². The molecule has 1 nitrogen and oxygen atoms in total. The van der Waals surface area contributed by atoms with Crippen LogP contribution in [0.25, 0.3) is 33.4 Å². The van der Waals surface area contributed by atoms with Crippen LogP contribution in [0.5, 0.6) is 0 Å². The van der Waals surface area contributed by atoms with E-state index in [0.29, 0.717) is 0 Å². The number of hydrogen-bond acceptors (Lipinski definition) is 1. The highest BCUT2D eigenvalue weighted by molar-refractivity contribution is 5.90. The standard InChI is InChI=1S/C52H47N/c1-50(2)44-14-8-5-11-38(44)41-20-17-35(28-47(41)50)53(36-18-21-42-39-12-6-9-15-45(39)51(3,4)48(42)29-36)37-19-22-43-40-13-7-10-16-46(40)52(49(43)30-37)33-24-31-23-32(26-33)27-34(52)25-31/h5-22,28-34H,23-27H2,1-4H3. The van der Waals surface area contributed by atoms with Gasteiger partial charge in [0, 0.05) is 33.3 Å². The average molecular weight is 686 g/mol. The predicted octanol–water partition coefficient (Wildman–Crippen LogP) is 13.5. The van der Waals surface area contributed by atoms with Crippen molar-refractivity contribution in [2.75, 3.05) is 4.90 Å². The maximum absolute atomic E-state index is 2.66. The minimum Gasteiger partial charge on any atom is -0.310 e. The van der Waals surface area contributed by atoms with E-state index in [1.54, 1.807) is 11.1 Å². The van der Waals surface area contributed by atoms with Crippen LogP contribution in [0.2, 0.25) is 0 Å². The summed E-state index contributed by atoms with van der Waals surface area (Å²) in [5.74, 6) is 3.33. The van der Waals surface area contributed by atoms with E-state index < -0.39 is 0 Å². The van der Waals surface area contributed by atoms with Crippen LogP contribution in [0.4, 0.5) is 17.1 Å². The number of hydrogen-bond donors (Lipinski definition) is 0. The van der Waals surface area contributed by atoms with Crippen molar-refractivity contribution in [2.45, 2.75) is 76.0 Å². The first-order valence-corrected chi connectivity index (χ1v) is 20.3. The third-order valence-electron chi connectivity index (χ3n) is 15.4. The van der Waals surface area contributed by atoms with Crippen molar-refractivity contribution in [1.82, 2.24) is 0 Å². The summed E-state index contributed by atoms with van der Waals surface area (Å²) in [5.41, 5.74) is 21.1. The highest BCUT2D eigenvalue weighted by atomic mass is 15.1. The summed E-state index contributed by atoms with van der Waals surface area (Å²) in [7, 11) is 0. The van der Waals surface area contributed by atoms with Gasteiger partial charge in [-0.25, -0.2) is 0 Å². The van der Waals surface area contributed by atoms with Gasteiger partial charge in [-0.3, -0.25) is 0 Å². The molecule has 6 aromatic rings. The summed E-state index contributed by atoms with van der Waals surface area (Å²) in [5, 5.41) is 0. The predicted molar refractivity (Wildman–Crippen MR) is 220 cm³/mol. The molecule has 0 radical (unpaired) electrons. The van der Waals surface area contributed by atoms with Gasteiger partial charge in [-0.1, -0.05) is 119 Å². The Morgan fingerprint density at radius 1 is 0.377 bits per heavy atom. The monoisotopic (exact) mass is 685 g/mol. The molecule has 1 heteroatoms. The molecule has 260 valence electrons. The molecule has 13 rings (SSSR count). The van der Waals surface area contributed by atoms with Crippen molar-refractivity contribution >= 4 is 17.1 Å². The molecule has 0 amide bonds. The van der Waals surface area contributed by atoms with Crippen molar-refractivity contribution < 1.29 is 0 Å². The van der Waals surface area contributed by atoms with E-state index in [4.69, 9.17) is 0 Å². The van der Waals surface area contributed by atoms with Crippen LogP contribution in [0.15, 0.2) is 127 Å². The molecule has 1 spiro atoms. The molecule has 6 aromatic carbocycles. The van der Waals surface area contributed by atoms with E-state index in [2.05, 4.69) is 160 Å². The lowest BCUT2D eigenvalue weighted by molar-refractivity contribution is -0.0399. The molecule has 4 bridgehead atoms. The fourth-order valence-corrected chi connectivity index (χ4v) is 13.4. The van der Waals surface area contributed by atoms with Crippen molar-refractivity contribution in [3.8, 4) is 33.4 Å². The van der Waals surface area contributed by atoms with Gasteiger partial charge in [-0.15, -0.1) is 0 Å².